The summed E-state index contributed by atoms with van der Waals surface area (Å²) in [4.78, 5) is 4.83. The van der Waals surface area contributed by atoms with E-state index in [1.165, 1.54) is 5.56 Å². The van der Waals surface area contributed by atoms with Gasteiger partial charge in [0.05, 0.1) is 27.5 Å². The van der Waals surface area contributed by atoms with E-state index >= 15 is 0 Å². The molecule has 0 spiro atoms. The zero-order valence-corrected chi connectivity index (χ0v) is 15.8. The van der Waals surface area contributed by atoms with E-state index in [1.54, 1.807) is 3.71 Å². The summed E-state index contributed by atoms with van der Waals surface area (Å²) in [5.41, 5.74) is 7.21. The third-order valence-corrected chi connectivity index (χ3v) is 4.79. The minimum atomic E-state index is 0.503. The van der Waals surface area contributed by atoms with E-state index in [0.29, 0.717) is 5.92 Å². The fourth-order valence-corrected chi connectivity index (χ4v) is 3.70. The number of aromatic nitrogens is 5. The Bertz CT molecular complexity index is 858. The first-order valence-electron chi connectivity index (χ1n) is 8.05. The molecular formula is C17H22BrN5. The predicted molar refractivity (Wildman–Crippen MR) is 96.1 cm³/mol. The van der Waals surface area contributed by atoms with Crippen molar-refractivity contribution in [2.45, 2.75) is 53.4 Å². The van der Waals surface area contributed by atoms with Gasteiger partial charge in [-0.3, -0.25) is 0 Å². The summed E-state index contributed by atoms with van der Waals surface area (Å²) >= 11 is 3.39. The van der Waals surface area contributed by atoms with Crippen LogP contribution in [0.15, 0.2) is 12.3 Å². The summed E-state index contributed by atoms with van der Waals surface area (Å²) in [5.74, 6) is 0.503. The number of halogens is 1. The van der Waals surface area contributed by atoms with Crippen LogP contribution in [0, 0.1) is 20.8 Å². The Hall–Kier alpha value is -1.69. The molecule has 0 bridgehead atoms. The number of hydrogen-bond acceptors (Lipinski definition) is 3. The molecule has 3 aromatic heterocycles. The summed E-state index contributed by atoms with van der Waals surface area (Å²) in [6.45, 7) is 10.6. The SMILES string of the molecule is CCC(CC)c1cc(C)nn2c(-c3nn(Br)cc3C)c(C)nc12. The fourth-order valence-electron chi connectivity index (χ4n) is 3.24. The number of rotatable bonds is 4. The molecule has 0 atom stereocenters. The van der Waals surface area contributed by atoms with Crippen LogP contribution >= 0.6 is 16.1 Å². The van der Waals surface area contributed by atoms with Gasteiger partial charge in [0.2, 0.25) is 0 Å². The molecule has 122 valence electrons. The molecule has 0 aliphatic rings. The summed E-state index contributed by atoms with van der Waals surface area (Å²) < 4.78 is 3.63. The molecule has 6 heteroatoms. The second-order valence-electron chi connectivity index (χ2n) is 6.09. The maximum absolute atomic E-state index is 4.83. The van der Waals surface area contributed by atoms with Crippen molar-refractivity contribution < 1.29 is 0 Å². The number of hydrogen-bond donors (Lipinski definition) is 0. The molecule has 23 heavy (non-hydrogen) atoms. The fraction of sp³-hybridized carbons (Fsp3) is 0.471. The number of aryl methyl sites for hydroxylation is 3. The Labute approximate surface area is 145 Å². The van der Waals surface area contributed by atoms with Gasteiger partial charge in [0.25, 0.3) is 0 Å². The van der Waals surface area contributed by atoms with Gasteiger partial charge in [-0.1, -0.05) is 13.8 Å². The molecule has 0 radical (unpaired) electrons. The molecule has 3 rings (SSSR count). The second kappa shape index (κ2) is 6.07. The number of imidazole rings is 1. The smallest absolute Gasteiger partial charge is 0.158 e. The quantitative estimate of drug-likeness (QED) is 0.670. The lowest BCUT2D eigenvalue weighted by molar-refractivity contribution is 0.638. The van der Waals surface area contributed by atoms with E-state index in [2.05, 4.69) is 48.1 Å². The van der Waals surface area contributed by atoms with Gasteiger partial charge in [0, 0.05) is 11.8 Å². The highest BCUT2D eigenvalue weighted by molar-refractivity contribution is 9.08. The Kier molecular flexibility index (Phi) is 4.27. The van der Waals surface area contributed by atoms with Gasteiger partial charge in [0.1, 0.15) is 11.4 Å². The molecule has 0 N–H and O–H groups in total. The molecule has 0 amide bonds. The molecule has 0 aliphatic carbocycles. The van der Waals surface area contributed by atoms with Crippen LogP contribution in [-0.4, -0.2) is 23.4 Å². The maximum atomic E-state index is 4.83. The van der Waals surface area contributed by atoms with Crippen LogP contribution in [-0.2, 0) is 0 Å². The van der Waals surface area contributed by atoms with Crippen molar-refractivity contribution in [2.24, 2.45) is 0 Å². The van der Waals surface area contributed by atoms with Crippen molar-refractivity contribution in [3.05, 3.63) is 34.8 Å². The molecule has 3 aromatic rings. The van der Waals surface area contributed by atoms with Gasteiger partial charge < -0.3 is 0 Å². The predicted octanol–water partition coefficient (Wildman–Crippen LogP) is 4.58. The molecule has 0 saturated heterocycles. The van der Waals surface area contributed by atoms with Crippen molar-refractivity contribution in [3.63, 3.8) is 0 Å². The lowest BCUT2D eigenvalue weighted by atomic mass is 9.95. The van der Waals surface area contributed by atoms with Gasteiger partial charge in [-0.25, -0.2) is 13.2 Å². The third-order valence-electron chi connectivity index (χ3n) is 4.43. The highest BCUT2D eigenvalue weighted by atomic mass is 79.9. The van der Waals surface area contributed by atoms with E-state index in [-0.39, 0.29) is 0 Å². The molecule has 0 aliphatic heterocycles. The summed E-state index contributed by atoms with van der Waals surface area (Å²) in [6.07, 6.45) is 4.16. The maximum Gasteiger partial charge on any atom is 0.158 e. The Morgan fingerprint density at radius 3 is 2.39 bits per heavy atom. The van der Waals surface area contributed by atoms with Crippen LogP contribution < -0.4 is 0 Å². The van der Waals surface area contributed by atoms with E-state index in [1.807, 2.05) is 24.6 Å². The van der Waals surface area contributed by atoms with Crippen molar-refractivity contribution in [1.29, 1.82) is 0 Å². The third kappa shape index (κ3) is 2.69. The van der Waals surface area contributed by atoms with Crippen molar-refractivity contribution >= 4 is 21.8 Å². The van der Waals surface area contributed by atoms with Crippen LogP contribution in [0.2, 0.25) is 0 Å². The average Bonchev–Trinajstić information content (AvgIpc) is 2.98. The van der Waals surface area contributed by atoms with Crippen LogP contribution in [0.1, 0.15) is 55.1 Å². The van der Waals surface area contributed by atoms with E-state index in [0.717, 1.165) is 46.8 Å². The molecule has 5 nitrogen and oxygen atoms in total. The van der Waals surface area contributed by atoms with Gasteiger partial charge in [-0.15, -0.1) is 0 Å². The van der Waals surface area contributed by atoms with E-state index in [9.17, 15) is 0 Å². The lowest BCUT2D eigenvalue weighted by Crippen LogP contribution is -2.05. The largest absolute Gasteiger partial charge is 0.231 e. The van der Waals surface area contributed by atoms with Crippen molar-refractivity contribution in [3.8, 4) is 11.4 Å². The van der Waals surface area contributed by atoms with Crippen LogP contribution in [0.4, 0.5) is 0 Å². The van der Waals surface area contributed by atoms with Crippen molar-refractivity contribution in [1.82, 2.24) is 23.4 Å². The minimum absolute atomic E-state index is 0.503. The van der Waals surface area contributed by atoms with Gasteiger partial charge in [-0.2, -0.15) is 10.2 Å². The zero-order valence-electron chi connectivity index (χ0n) is 14.3. The Morgan fingerprint density at radius 2 is 1.83 bits per heavy atom. The molecular weight excluding hydrogens is 354 g/mol. The van der Waals surface area contributed by atoms with Gasteiger partial charge in [0.15, 0.2) is 5.65 Å². The minimum Gasteiger partial charge on any atom is -0.231 e. The molecule has 0 fully saturated rings. The van der Waals surface area contributed by atoms with Crippen LogP contribution in [0.5, 0.6) is 0 Å². The number of fused-ring (bicyclic) bond motifs is 1. The summed E-state index contributed by atoms with van der Waals surface area (Å²) in [6, 6.07) is 2.18. The highest BCUT2D eigenvalue weighted by Crippen LogP contribution is 2.32. The summed E-state index contributed by atoms with van der Waals surface area (Å²) in [5, 5.41) is 9.27. The van der Waals surface area contributed by atoms with Crippen LogP contribution in [0.25, 0.3) is 17.0 Å². The normalized spacial score (nSPS) is 11.8. The first-order chi connectivity index (χ1) is 11.0. The Balaban J connectivity index is 2.33. The molecule has 0 unspecified atom stereocenters. The first-order valence-corrected chi connectivity index (χ1v) is 8.76. The zero-order chi connectivity index (χ0) is 16.7. The van der Waals surface area contributed by atoms with Crippen molar-refractivity contribution in [2.75, 3.05) is 0 Å². The molecule has 3 heterocycles. The van der Waals surface area contributed by atoms with Gasteiger partial charge >= 0.3 is 0 Å². The average molecular weight is 376 g/mol. The first kappa shape index (κ1) is 16.2. The standard InChI is InChI=1S/C17H22BrN5/c1-6-13(7-2)14-8-11(4)20-23-16(12(5)19-17(14)23)15-10(3)9-22(18)21-15/h8-9,13H,6-7H2,1-5H3. The van der Waals surface area contributed by atoms with Crippen LogP contribution in [0.3, 0.4) is 0 Å². The summed E-state index contributed by atoms with van der Waals surface area (Å²) in [7, 11) is 0. The van der Waals surface area contributed by atoms with Gasteiger partial charge in [-0.05, 0) is 51.2 Å². The molecule has 0 aromatic carbocycles. The van der Waals surface area contributed by atoms with E-state index < -0.39 is 0 Å². The molecule has 0 saturated carbocycles. The Morgan fingerprint density at radius 1 is 1.13 bits per heavy atom. The van der Waals surface area contributed by atoms with E-state index in [4.69, 9.17) is 10.1 Å². The highest BCUT2D eigenvalue weighted by Gasteiger charge is 2.21. The second-order valence-corrected chi connectivity index (χ2v) is 6.81. The monoisotopic (exact) mass is 375 g/mol. The topological polar surface area (TPSA) is 48.0 Å². The lowest BCUT2D eigenvalue weighted by Gasteiger charge is -2.14. The number of nitrogens with zero attached hydrogens (tertiary/aromatic N) is 5.